The van der Waals surface area contributed by atoms with E-state index in [9.17, 15) is 4.79 Å². The lowest BCUT2D eigenvalue weighted by molar-refractivity contribution is 0.0707. The second-order valence-electron chi connectivity index (χ2n) is 4.59. The number of carbonyl (C=O) groups is 1. The van der Waals surface area contributed by atoms with Gasteiger partial charge in [-0.05, 0) is 54.0 Å². The van der Waals surface area contributed by atoms with Gasteiger partial charge >= 0.3 is 0 Å². The molecule has 1 saturated heterocycles. The molecule has 18 heavy (non-hydrogen) atoms. The Kier molecular flexibility index (Phi) is 5.88. The summed E-state index contributed by atoms with van der Waals surface area (Å²) in [5.41, 5.74) is 7.87. The molecule has 0 radical (unpaired) electrons. The summed E-state index contributed by atoms with van der Waals surface area (Å²) in [6.45, 7) is 3.54. The summed E-state index contributed by atoms with van der Waals surface area (Å²) in [6.07, 6.45) is 2.03. The van der Waals surface area contributed by atoms with E-state index in [4.69, 9.17) is 5.73 Å². The third-order valence-corrected chi connectivity index (χ3v) is 4.60. The first-order valence-corrected chi connectivity index (χ1v) is 6.97. The van der Waals surface area contributed by atoms with Gasteiger partial charge in [0.2, 0.25) is 0 Å². The SMILES string of the molecule is Cc1cccc(C(=O)N2CCC[C@@H](N)C2)c1I.Cl. The second kappa shape index (κ2) is 6.73. The number of hydrogen-bond donors (Lipinski definition) is 1. The lowest BCUT2D eigenvalue weighted by Crippen LogP contribution is -2.45. The smallest absolute Gasteiger partial charge is 0.254 e. The van der Waals surface area contributed by atoms with Crippen LogP contribution in [0.5, 0.6) is 0 Å². The van der Waals surface area contributed by atoms with Gasteiger partial charge in [0.1, 0.15) is 0 Å². The largest absolute Gasteiger partial charge is 0.337 e. The van der Waals surface area contributed by atoms with Gasteiger partial charge in [0.05, 0.1) is 5.56 Å². The maximum absolute atomic E-state index is 12.4. The van der Waals surface area contributed by atoms with Gasteiger partial charge in [0.25, 0.3) is 5.91 Å². The molecule has 0 saturated carbocycles. The molecule has 2 N–H and O–H groups in total. The summed E-state index contributed by atoms with van der Waals surface area (Å²) in [5, 5.41) is 0. The van der Waals surface area contributed by atoms with Crippen molar-refractivity contribution >= 4 is 40.9 Å². The fourth-order valence-electron chi connectivity index (χ4n) is 2.18. The van der Waals surface area contributed by atoms with Crippen LogP contribution >= 0.6 is 35.0 Å². The molecule has 3 nitrogen and oxygen atoms in total. The van der Waals surface area contributed by atoms with Crippen LogP contribution in [-0.4, -0.2) is 29.9 Å². The van der Waals surface area contributed by atoms with Crippen LogP contribution in [-0.2, 0) is 0 Å². The molecule has 1 fully saturated rings. The minimum atomic E-state index is 0. The average molecular weight is 381 g/mol. The van der Waals surface area contributed by atoms with E-state index in [1.807, 2.05) is 30.0 Å². The molecule has 1 heterocycles. The van der Waals surface area contributed by atoms with Gasteiger partial charge in [-0.3, -0.25) is 4.79 Å². The molecule has 1 aliphatic heterocycles. The molecule has 1 aliphatic rings. The van der Waals surface area contributed by atoms with Crippen molar-refractivity contribution in [3.05, 3.63) is 32.9 Å². The molecule has 1 aromatic rings. The van der Waals surface area contributed by atoms with Crippen molar-refractivity contribution in [1.82, 2.24) is 4.90 Å². The van der Waals surface area contributed by atoms with E-state index in [-0.39, 0.29) is 24.4 Å². The Morgan fingerprint density at radius 1 is 1.50 bits per heavy atom. The van der Waals surface area contributed by atoms with Gasteiger partial charge in [-0.1, -0.05) is 12.1 Å². The predicted octanol–water partition coefficient (Wildman–Crippen LogP) is 2.58. The molecule has 0 aromatic heterocycles. The third-order valence-electron chi connectivity index (χ3n) is 3.17. The second-order valence-corrected chi connectivity index (χ2v) is 5.67. The number of aryl methyl sites for hydroxylation is 1. The van der Waals surface area contributed by atoms with Gasteiger partial charge in [0.15, 0.2) is 0 Å². The zero-order valence-corrected chi connectivity index (χ0v) is 13.3. The fourth-order valence-corrected chi connectivity index (χ4v) is 2.77. The molecule has 0 unspecified atom stereocenters. The lowest BCUT2D eigenvalue weighted by Gasteiger charge is -2.31. The van der Waals surface area contributed by atoms with E-state index in [2.05, 4.69) is 22.6 Å². The Labute approximate surface area is 128 Å². The predicted molar refractivity (Wildman–Crippen MR) is 84.3 cm³/mol. The molecule has 1 amide bonds. The summed E-state index contributed by atoms with van der Waals surface area (Å²) in [6, 6.07) is 6.00. The fraction of sp³-hybridized carbons (Fsp3) is 0.462. The molecular formula is C13H18ClIN2O. The first-order valence-electron chi connectivity index (χ1n) is 5.89. The van der Waals surface area contributed by atoms with Gasteiger partial charge < -0.3 is 10.6 Å². The molecule has 1 aromatic carbocycles. The van der Waals surface area contributed by atoms with Gasteiger partial charge in [-0.25, -0.2) is 0 Å². The van der Waals surface area contributed by atoms with Crippen molar-refractivity contribution in [1.29, 1.82) is 0 Å². The van der Waals surface area contributed by atoms with Crippen LogP contribution in [0.25, 0.3) is 0 Å². The summed E-state index contributed by atoms with van der Waals surface area (Å²) >= 11 is 2.24. The average Bonchev–Trinajstić information content (AvgIpc) is 2.32. The van der Waals surface area contributed by atoms with Gasteiger partial charge in [-0.2, -0.15) is 0 Å². The first-order chi connectivity index (χ1) is 8.09. The van der Waals surface area contributed by atoms with E-state index in [0.29, 0.717) is 6.54 Å². The van der Waals surface area contributed by atoms with Crippen LogP contribution in [0, 0.1) is 10.5 Å². The Hall–Kier alpha value is -0.330. The number of rotatable bonds is 1. The van der Waals surface area contributed by atoms with Crippen LogP contribution in [0.1, 0.15) is 28.8 Å². The number of amides is 1. The normalized spacial score (nSPS) is 19.3. The Bertz CT molecular complexity index is 439. The molecule has 5 heteroatoms. The van der Waals surface area contributed by atoms with E-state index < -0.39 is 0 Å². The number of likely N-dealkylation sites (tertiary alicyclic amines) is 1. The molecular weight excluding hydrogens is 363 g/mol. The monoisotopic (exact) mass is 380 g/mol. The van der Waals surface area contributed by atoms with E-state index >= 15 is 0 Å². The molecule has 1 atom stereocenters. The Morgan fingerprint density at radius 2 is 2.22 bits per heavy atom. The van der Waals surface area contributed by atoms with Crippen LogP contribution < -0.4 is 5.73 Å². The van der Waals surface area contributed by atoms with E-state index in [0.717, 1.165) is 34.1 Å². The van der Waals surface area contributed by atoms with Crippen molar-refractivity contribution in [2.24, 2.45) is 5.73 Å². The number of hydrogen-bond acceptors (Lipinski definition) is 2. The molecule has 0 aliphatic carbocycles. The zero-order valence-electron chi connectivity index (χ0n) is 10.4. The Morgan fingerprint density at radius 3 is 2.89 bits per heavy atom. The van der Waals surface area contributed by atoms with Crippen molar-refractivity contribution in [3.8, 4) is 0 Å². The quantitative estimate of drug-likeness (QED) is 0.761. The topological polar surface area (TPSA) is 46.3 Å². The van der Waals surface area contributed by atoms with Crippen molar-refractivity contribution in [3.63, 3.8) is 0 Å². The molecule has 0 bridgehead atoms. The number of carbonyl (C=O) groups excluding carboxylic acids is 1. The maximum Gasteiger partial charge on any atom is 0.254 e. The van der Waals surface area contributed by atoms with Crippen molar-refractivity contribution in [2.75, 3.05) is 13.1 Å². The highest BCUT2D eigenvalue weighted by atomic mass is 127. The standard InChI is InChI=1S/C13H17IN2O.ClH/c1-9-4-2-6-11(12(9)14)13(17)16-7-3-5-10(15)8-16;/h2,4,6,10H,3,5,7-8,15H2,1H3;1H/t10-;/m1./s1. The highest BCUT2D eigenvalue weighted by Gasteiger charge is 2.23. The number of nitrogens with zero attached hydrogens (tertiary/aromatic N) is 1. The number of nitrogens with two attached hydrogens (primary N) is 1. The van der Waals surface area contributed by atoms with Crippen LogP contribution in [0.15, 0.2) is 18.2 Å². The zero-order chi connectivity index (χ0) is 12.4. The van der Waals surface area contributed by atoms with Gasteiger partial charge in [0, 0.05) is 22.7 Å². The summed E-state index contributed by atoms with van der Waals surface area (Å²) < 4.78 is 1.05. The van der Waals surface area contributed by atoms with Crippen molar-refractivity contribution < 1.29 is 4.79 Å². The summed E-state index contributed by atoms with van der Waals surface area (Å²) in [7, 11) is 0. The van der Waals surface area contributed by atoms with E-state index in [1.54, 1.807) is 0 Å². The van der Waals surface area contributed by atoms with Gasteiger partial charge in [-0.15, -0.1) is 12.4 Å². The van der Waals surface area contributed by atoms with Crippen LogP contribution in [0.2, 0.25) is 0 Å². The molecule has 0 spiro atoms. The van der Waals surface area contributed by atoms with Crippen molar-refractivity contribution in [2.45, 2.75) is 25.8 Å². The number of halogens is 2. The number of benzene rings is 1. The molecule has 100 valence electrons. The van der Waals surface area contributed by atoms with E-state index in [1.165, 1.54) is 0 Å². The lowest BCUT2D eigenvalue weighted by atomic mass is 10.0. The number of piperidine rings is 1. The van der Waals surface area contributed by atoms with Crippen LogP contribution in [0.3, 0.4) is 0 Å². The first kappa shape index (κ1) is 15.7. The third kappa shape index (κ3) is 3.36. The highest BCUT2D eigenvalue weighted by molar-refractivity contribution is 14.1. The minimum Gasteiger partial charge on any atom is -0.337 e. The Balaban J connectivity index is 0.00000162. The van der Waals surface area contributed by atoms with Crippen LogP contribution in [0.4, 0.5) is 0 Å². The summed E-state index contributed by atoms with van der Waals surface area (Å²) in [4.78, 5) is 14.3. The maximum atomic E-state index is 12.4. The summed E-state index contributed by atoms with van der Waals surface area (Å²) in [5.74, 6) is 0.119. The molecule has 2 rings (SSSR count). The highest BCUT2D eigenvalue weighted by Crippen LogP contribution is 2.20. The minimum absolute atomic E-state index is 0.